The van der Waals surface area contributed by atoms with Gasteiger partial charge in [-0.1, -0.05) is 23.2 Å². The van der Waals surface area contributed by atoms with Crippen molar-refractivity contribution in [3.8, 4) is 0 Å². The molecule has 8 heteroatoms. The lowest BCUT2D eigenvalue weighted by atomic mass is 10.1. The van der Waals surface area contributed by atoms with Crippen LogP contribution in [0.5, 0.6) is 0 Å². The first-order valence-electron chi connectivity index (χ1n) is 6.28. The first-order valence-corrected chi connectivity index (χ1v) is 8.15. The predicted octanol–water partition coefficient (Wildman–Crippen LogP) is 2.78. The molecule has 2 atom stereocenters. The number of benzene rings is 1. The fourth-order valence-electron chi connectivity index (χ4n) is 2.34. The van der Waals surface area contributed by atoms with E-state index in [0.717, 1.165) is 0 Å². The number of nitrogens with one attached hydrogen (secondary N) is 1. The smallest absolute Gasteiger partial charge is 0.190 e. The summed E-state index contributed by atoms with van der Waals surface area (Å²) in [4.78, 5) is 4.59. The molecule has 3 rings (SSSR count). The molecule has 0 amide bonds. The number of hydrogen-bond donors (Lipinski definition) is 2. The second-order valence-corrected chi connectivity index (χ2v) is 6.35. The van der Waals surface area contributed by atoms with Crippen LogP contribution in [-0.2, 0) is 15.8 Å². The van der Waals surface area contributed by atoms with Gasteiger partial charge in [-0.25, -0.2) is 9.19 Å². The summed E-state index contributed by atoms with van der Waals surface area (Å²) in [5.74, 6) is 0. The molecule has 112 valence electrons. The third-order valence-electron chi connectivity index (χ3n) is 3.29. The molecule has 1 aliphatic heterocycles. The minimum atomic E-state index is -2.25. The van der Waals surface area contributed by atoms with E-state index in [1.807, 2.05) is 0 Å². The van der Waals surface area contributed by atoms with Crippen LogP contribution in [0.25, 0.3) is 10.9 Å². The van der Waals surface area contributed by atoms with Gasteiger partial charge in [-0.2, -0.15) is 0 Å². The number of morpholine rings is 1. The summed E-state index contributed by atoms with van der Waals surface area (Å²) in [7, 11) is 0. The zero-order valence-electron chi connectivity index (χ0n) is 10.8. The Hall–Kier alpha value is -0.760. The molecule has 1 aromatic carbocycles. The van der Waals surface area contributed by atoms with Crippen molar-refractivity contribution < 1.29 is 13.5 Å². The molecule has 1 aromatic heterocycles. The van der Waals surface area contributed by atoms with Gasteiger partial charge < -0.3 is 14.6 Å². The van der Waals surface area contributed by atoms with Crippen molar-refractivity contribution in [3.05, 3.63) is 33.9 Å². The van der Waals surface area contributed by atoms with Crippen molar-refractivity contribution in [2.75, 3.05) is 19.8 Å². The zero-order valence-corrected chi connectivity index (χ0v) is 13.1. The fourth-order valence-corrected chi connectivity index (χ4v) is 3.59. The highest BCUT2D eigenvalue weighted by atomic mass is 35.5. The second kappa shape index (κ2) is 6.16. The number of aromatic nitrogens is 1. The molecule has 1 aliphatic rings. The Kier molecular flexibility index (Phi) is 4.44. The molecule has 5 nitrogen and oxygen atoms in total. The summed E-state index contributed by atoms with van der Waals surface area (Å²) in [5, 5.41) is 4.47. The van der Waals surface area contributed by atoms with E-state index < -0.39 is 11.1 Å². The molecule has 0 aliphatic carbocycles. The maximum Gasteiger partial charge on any atom is 0.190 e. The largest absolute Gasteiger partial charge is 0.378 e. The van der Waals surface area contributed by atoms with Crippen LogP contribution in [0.15, 0.2) is 23.1 Å². The lowest BCUT2D eigenvalue weighted by molar-refractivity contribution is 0.0748. The predicted molar refractivity (Wildman–Crippen MR) is 82.4 cm³/mol. The maximum absolute atomic E-state index is 11.7. The van der Waals surface area contributed by atoms with Gasteiger partial charge in [0.05, 0.1) is 35.5 Å². The van der Waals surface area contributed by atoms with Crippen molar-refractivity contribution >= 4 is 45.2 Å². The molecule has 0 radical (unpaired) electrons. The van der Waals surface area contributed by atoms with Gasteiger partial charge in [-0.15, -0.1) is 0 Å². The molecular weight excluding hydrogens is 335 g/mol. The molecule has 1 saturated heterocycles. The average Bonchev–Trinajstić information content (AvgIpc) is 2.48. The van der Waals surface area contributed by atoms with Crippen LogP contribution in [0.3, 0.4) is 0 Å². The van der Waals surface area contributed by atoms with Gasteiger partial charge in [-0.3, -0.25) is 0 Å². The monoisotopic (exact) mass is 346 g/mol. The number of nitrogens with zero attached hydrogens (tertiary/aromatic N) is 1. The molecule has 2 unspecified atom stereocenters. The topological polar surface area (TPSA) is 71.5 Å². The summed E-state index contributed by atoms with van der Waals surface area (Å²) in [6.45, 7) is 1.64. The number of hydrogen-bond acceptors (Lipinski definition) is 4. The van der Waals surface area contributed by atoms with Crippen molar-refractivity contribution in [2.45, 2.75) is 10.9 Å². The second-order valence-electron chi connectivity index (χ2n) is 4.63. The molecule has 0 saturated carbocycles. The SMILES string of the molecule is O=S(O)c1c(C2COCCN2)nc2ccc(Cl)cc2c1Cl. The lowest BCUT2D eigenvalue weighted by Gasteiger charge is -2.25. The summed E-state index contributed by atoms with van der Waals surface area (Å²) in [5.41, 5.74) is 1.07. The van der Waals surface area contributed by atoms with Crippen molar-refractivity contribution in [3.63, 3.8) is 0 Å². The highest BCUT2D eigenvalue weighted by Gasteiger charge is 2.26. The minimum absolute atomic E-state index is 0.106. The van der Waals surface area contributed by atoms with Crippen molar-refractivity contribution in [1.29, 1.82) is 0 Å². The van der Waals surface area contributed by atoms with Gasteiger partial charge >= 0.3 is 0 Å². The van der Waals surface area contributed by atoms with E-state index >= 15 is 0 Å². The van der Waals surface area contributed by atoms with E-state index in [-0.39, 0.29) is 16.0 Å². The Labute approximate surface area is 133 Å². The van der Waals surface area contributed by atoms with Gasteiger partial charge in [0.1, 0.15) is 4.90 Å². The molecule has 2 heterocycles. The summed E-state index contributed by atoms with van der Waals surface area (Å²) < 4.78 is 26.7. The van der Waals surface area contributed by atoms with E-state index in [9.17, 15) is 8.76 Å². The number of pyridine rings is 1. The quantitative estimate of drug-likeness (QED) is 0.818. The van der Waals surface area contributed by atoms with Crippen molar-refractivity contribution in [2.24, 2.45) is 0 Å². The third kappa shape index (κ3) is 2.92. The minimum Gasteiger partial charge on any atom is -0.378 e. The Morgan fingerprint density at radius 3 is 2.90 bits per heavy atom. The first kappa shape index (κ1) is 15.1. The highest BCUT2D eigenvalue weighted by Crippen LogP contribution is 2.34. The maximum atomic E-state index is 11.7. The summed E-state index contributed by atoms with van der Waals surface area (Å²) >= 11 is 10.0. The lowest BCUT2D eigenvalue weighted by Crippen LogP contribution is -2.35. The van der Waals surface area contributed by atoms with Gasteiger partial charge in [0.25, 0.3) is 0 Å². The molecule has 0 spiro atoms. The van der Waals surface area contributed by atoms with E-state index in [0.29, 0.717) is 41.4 Å². The highest BCUT2D eigenvalue weighted by molar-refractivity contribution is 7.79. The van der Waals surface area contributed by atoms with Gasteiger partial charge in [0.2, 0.25) is 0 Å². The molecule has 0 bridgehead atoms. The molecule has 21 heavy (non-hydrogen) atoms. The van der Waals surface area contributed by atoms with Crippen LogP contribution in [0.1, 0.15) is 11.7 Å². The number of fused-ring (bicyclic) bond motifs is 1. The molecule has 1 fully saturated rings. The average molecular weight is 347 g/mol. The van der Waals surface area contributed by atoms with Crippen LogP contribution >= 0.6 is 23.2 Å². The van der Waals surface area contributed by atoms with Gasteiger partial charge in [0, 0.05) is 17.0 Å². The standard InChI is InChI=1S/C13H12Cl2N2O3S/c14-7-1-2-9-8(5-7)11(15)13(21(18)19)12(17-9)10-6-20-4-3-16-10/h1-2,5,10,16H,3-4,6H2,(H,18,19). The van der Waals surface area contributed by atoms with Crippen molar-refractivity contribution in [1.82, 2.24) is 10.3 Å². The molecule has 2 aromatic rings. The van der Waals surface area contributed by atoms with Crippen LogP contribution in [0, 0.1) is 0 Å². The van der Waals surface area contributed by atoms with Crippen LogP contribution in [-0.4, -0.2) is 33.5 Å². The van der Waals surface area contributed by atoms with E-state index in [4.69, 9.17) is 27.9 Å². The fraction of sp³-hybridized carbons (Fsp3) is 0.308. The van der Waals surface area contributed by atoms with Crippen LogP contribution in [0.2, 0.25) is 10.0 Å². The number of ether oxygens (including phenoxy) is 1. The Bertz CT molecular complexity index is 720. The number of rotatable bonds is 2. The third-order valence-corrected chi connectivity index (χ3v) is 4.80. The molecule has 2 N–H and O–H groups in total. The first-order chi connectivity index (χ1) is 10.1. The zero-order chi connectivity index (χ0) is 15.0. The van der Waals surface area contributed by atoms with Gasteiger partial charge in [-0.05, 0) is 18.2 Å². The number of halogens is 2. The Morgan fingerprint density at radius 1 is 1.43 bits per heavy atom. The van der Waals surface area contributed by atoms with Gasteiger partial charge in [0.15, 0.2) is 11.1 Å². The van der Waals surface area contributed by atoms with E-state index in [1.54, 1.807) is 18.2 Å². The van der Waals surface area contributed by atoms with E-state index in [2.05, 4.69) is 10.3 Å². The molecular formula is C13H12Cl2N2O3S. The summed E-state index contributed by atoms with van der Waals surface area (Å²) in [6.07, 6.45) is 0. The normalized spacial score (nSPS) is 20.6. The Morgan fingerprint density at radius 2 is 2.24 bits per heavy atom. The van der Waals surface area contributed by atoms with Crippen LogP contribution < -0.4 is 5.32 Å². The Balaban J connectivity index is 2.24. The van der Waals surface area contributed by atoms with Crippen LogP contribution in [0.4, 0.5) is 0 Å². The van der Waals surface area contributed by atoms with E-state index in [1.165, 1.54) is 0 Å². The summed E-state index contributed by atoms with van der Waals surface area (Å²) in [6, 6.07) is 4.82.